The maximum Gasteiger partial charge on any atom is 0.489 e. The molecule has 6 heterocycles. The largest absolute Gasteiger partial charge is 0.489 e. The first-order valence-electron chi connectivity index (χ1n) is 19.8. The number of likely N-dealkylation sites (N-methyl/N-ethyl adjacent to an activating group) is 1. The summed E-state index contributed by atoms with van der Waals surface area (Å²) in [4.78, 5) is 33.0. The molecule has 7 rings (SSSR count). The van der Waals surface area contributed by atoms with Crippen LogP contribution in [-0.2, 0) is 19.0 Å². The third-order valence-corrected chi connectivity index (χ3v) is 12.6. The molecule has 298 valence electrons. The summed E-state index contributed by atoms with van der Waals surface area (Å²) in [6.07, 6.45) is 6.50. The van der Waals surface area contributed by atoms with Gasteiger partial charge in [-0.1, -0.05) is 0 Å². The van der Waals surface area contributed by atoms with Gasteiger partial charge in [-0.25, -0.2) is 13.9 Å². The molecule has 5 unspecified atom stereocenters. The van der Waals surface area contributed by atoms with Crippen molar-refractivity contribution in [2.45, 2.75) is 133 Å². The van der Waals surface area contributed by atoms with E-state index in [9.17, 15) is 24.7 Å². The number of piperazine rings is 1. The number of carbonyl (C=O) groups excluding carboxylic acids is 2. The van der Waals surface area contributed by atoms with Gasteiger partial charge in [0.25, 0.3) is 0 Å². The fraction of sp³-hybridized carbons (Fsp3) is 0.763. The lowest BCUT2D eigenvalue weighted by molar-refractivity contribution is -0.134. The predicted molar refractivity (Wildman–Crippen MR) is 199 cm³/mol. The molecular formula is C38H58BFN6O8. The third kappa shape index (κ3) is 7.64. The molecule has 2 bridgehead atoms. The minimum atomic E-state index is -1.85. The van der Waals surface area contributed by atoms with Crippen molar-refractivity contribution in [3.8, 4) is 0 Å². The second-order valence-corrected chi connectivity index (χ2v) is 17.3. The molecule has 5 aliphatic heterocycles. The van der Waals surface area contributed by atoms with Crippen LogP contribution in [0.25, 0.3) is 10.9 Å². The Kier molecular flexibility index (Phi) is 11.4. The van der Waals surface area contributed by atoms with E-state index in [4.69, 9.17) is 14.2 Å². The minimum absolute atomic E-state index is 0.0253. The summed E-state index contributed by atoms with van der Waals surface area (Å²) in [5, 5.41) is 39.8. The molecule has 0 aliphatic carbocycles. The van der Waals surface area contributed by atoms with E-state index in [-0.39, 0.29) is 66.2 Å². The topological polar surface area (TPSA) is 162 Å². The van der Waals surface area contributed by atoms with Crippen LogP contribution in [0, 0.1) is 18.7 Å². The lowest BCUT2D eigenvalue weighted by atomic mass is 9.75. The zero-order chi connectivity index (χ0) is 38.5. The average Bonchev–Trinajstić information content (AvgIpc) is 3.71. The van der Waals surface area contributed by atoms with E-state index in [1.165, 1.54) is 19.2 Å². The fourth-order valence-corrected chi connectivity index (χ4v) is 10.1. The van der Waals surface area contributed by atoms with Crippen molar-refractivity contribution in [3.05, 3.63) is 23.6 Å². The quantitative estimate of drug-likeness (QED) is 0.277. The van der Waals surface area contributed by atoms with Gasteiger partial charge in [-0.15, -0.1) is 0 Å². The number of fused-ring (bicyclic) bond motifs is 4. The Balaban J connectivity index is 1.04. The van der Waals surface area contributed by atoms with Crippen LogP contribution in [0.1, 0.15) is 90.3 Å². The highest BCUT2D eigenvalue weighted by atomic mass is 19.1. The van der Waals surface area contributed by atoms with Crippen LogP contribution in [0.4, 0.5) is 9.18 Å². The van der Waals surface area contributed by atoms with E-state index >= 15 is 4.39 Å². The number of aliphatic hydroxyl groups excluding tert-OH is 1. The number of amides is 2. The summed E-state index contributed by atoms with van der Waals surface area (Å²) in [6, 6.07) is 1.33. The Morgan fingerprint density at radius 2 is 2.00 bits per heavy atom. The maximum atomic E-state index is 15.0. The van der Waals surface area contributed by atoms with Crippen LogP contribution in [0.2, 0.25) is 0 Å². The number of halogens is 1. The summed E-state index contributed by atoms with van der Waals surface area (Å²) >= 11 is 0. The third-order valence-electron chi connectivity index (χ3n) is 12.6. The van der Waals surface area contributed by atoms with Gasteiger partial charge in [-0.3, -0.25) is 14.6 Å². The van der Waals surface area contributed by atoms with E-state index in [2.05, 4.69) is 15.3 Å². The first kappa shape index (κ1) is 39.4. The number of hydrogen-bond acceptors (Lipinski definition) is 11. The van der Waals surface area contributed by atoms with Crippen LogP contribution >= 0.6 is 0 Å². The number of nitrogens with one attached hydrogen (secondary N) is 1. The molecule has 5 saturated heterocycles. The Labute approximate surface area is 317 Å². The predicted octanol–water partition coefficient (Wildman–Crippen LogP) is 2.05. The van der Waals surface area contributed by atoms with Gasteiger partial charge in [0, 0.05) is 62.9 Å². The highest BCUT2D eigenvalue weighted by molar-refractivity contribution is 6.62. The van der Waals surface area contributed by atoms with E-state index < -0.39 is 36.4 Å². The summed E-state index contributed by atoms with van der Waals surface area (Å²) in [5.41, 5.74) is -0.453. The molecule has 2 aromatic rings. The summed E-state index contributed by atoms with van der Waals surface area (Å²) in [5.74, 6) is -0.501. The van der Waals surface area contributed by atoms with Crippen molar-refractivity contribution in [1.82, 2.24) is 29.8 Å². The van der Waals surface area contributed by atoms with Gasteiger partial charge in [0.2, 0.25) is 5.91 Å². The smallest absolute Gasteiger partial charge is 0.444 e. The number of aromatic nitrogens is 2. The second kappa shape index (κ2) is 15.6. The van der Waals surface area contributed by atoms with Crippen LogP contribution in [0.15, 0.2) is 12.3 Å². The van der Waals surface area contributed by atoms with Gasteiger partial charge in [0.05, 0.1) is 42.5 Å². The molecule has 5 aliphatic rings. The molecule has 0 saturated carbocycles. The fourth-order valence-electron chi connectivity index (χ4n) is 10.1. The standard InChI is InChI=1S/C38H58BFN6O8/c1-23-27(40)17-28-26(34(23)39(50)51)20-42-46(28)33-16-24(10-14-53-33)35-31(18-29-30(47)8-6-7-13-44(29)35)52-15-11-32(48)43(5)22-38-12-9-25(19-41-21-38)45(38)36(49)54-37(2,3)4/h17,20,24-25,29-31,33,35,41,47,50-51H,6-16,18-19,21-22H2,1-5H3/t24?,25?,29-,30-,31-,33?,35?,38?/m1/s1. The van der Waals surface area contributed by atoms with Crippen LogP contribution in [-0.4, -0.2) is 147 Å². The van der Waals surface area contributed by atoms with Crippen molar-refractivity contribution in [2.75, 3.05) is 46.4 Å². The number of benzene rings is 1. The lowest BCUT2D eigenvalue weighted by Gasteiger charge is -2.46. The molecule has 54 heavy (non-hydrogen) atoms. The van der Waals surface area contributed by atoms with Crippen LogP contribution in [0.5, 0.6) is 0 Å². The summed E-state index contributed by atoms with van der Waals surface area (Å²) < 4.78 is 35.3. The lowest BCUT2D eigenvalue weighted by Crippen LogP contribution is -2.66. The number of ether oxygens (including phenoxy) is 3. The maximum absolute atomic E-state index is 15.0. The number of aliphatic hydroxyl groups is 1. The van der Waals surface area contributed by atoms with E-state index in [0.29, 0.717) is 50.0 Å². The molecule has 14 nitrogen and oxygen atoms in total. The van der Waals surface area contributed by atoms with Gasteiger partial charge in [0.1, 0.15) is 11.4 Å². The molecule has 1 aromatic heterocycles. The zero-order valence-electron chi connectivity index (χ0n) is 32.4. The van der Waals surface area contributed by atoms with Crippen molar-refractivity contribution < 1.29 is 43.3 Å². The zero-order valence-corrected chi connectivity index (χ0v) is 32.4. The highest BCUT2D eigenvalue weighted by Crippen LogP contribution is 2.43. The Hall–Kier alpha value is -2.86. The number of hydrogen-bond donors (Lipinski definition) is 4. The van der Waals surface area contributed by atoms with Crippen molar-refractivity contribution >= 4 is 35.5 Å². The van der Waals surface area contributed by atoms with Crippen molar-refractivity contribution in [1.29, 1.82) is 0 Å². The summed E-state index contributed by atoms with van der Waals surface area (Å²) in [7, 11) is -0.0511. The first-order valence-corrected chi connectivity index (χ1v) is 19.8. The van der Waals surface area contributed by atoms with Gasteiger partial charge >= 0.3 is 13.2 Å². The Morgan fingerprint density at radius 3 is 2.76 bits per heavy atom. The van der Waals surface area contributed by atoms with Crippen LogP contribution < -0.4 is 10.8 Å². The van der Waals surface area contributed by atoms with Crippen LogP contribution in [0.3, 0.4) is 0 Å². The van der Waals surface area contributed by atoms with Gasteiger partial charge in [0.15, 0.2) is 6.23 Å². The molecule has 8 atom stereocenters. The normalized spacial score (nSPS) is 31.7. The second-order valence-electron chi connectivity index (χ2n) is 17.3. The molecule has 0 radical (unpaired) electrons. The van der Waals surface area contributed by atoms with Crippen molar-refractivity contribution in [2.24, 2.45) is 5.92 Å². The van der Waals surface area contributed by atoms with Gasteiger partial charge < -0.3 is 39.6 Å². The molecule has 16 heteroatoms. The molecule has 2 amide bonds. The molecular weight excluding hydrogens is 698 g/mol. The molecule has 1 aromatic carbocycles. The molecule has 5 fully saturated rings. The minimum Gasteiger partial charge on any atom is -0.444 e. The highest BCUT2D eigenvalue weighted by Gasteiger charge is 2.54. The van der Waals surface area contributed by atoms with E-state index in [1.807, 2.05) is 25.7 Å². The van der Waals surface area contributed by atoms with E-state index in [1.54, 1.807) is 16.6 Å². The van der Waals surface area contributed by atoms with E-state index in [0.717, 1.165) is 45.1 Å². The number of nitrogens with zero attached hydrogens (tertiary/aromatic N) is 5. The van der Waals surface area contributed by atoms with Gasteiger partial charge in [-0.05, 0) is 103 Å². The first-order chi connectivity index (χ1) is 25.7. The molecule has 0 spiro atoms. The monoisotopic (exact) mass is 756 g/mol. The number of carbonyl (C=O) groups is 2. The SMILES string of the molecule is Cc1c(F)cc2c(cnn2C2CC(C3[C@H](OCCC(=O)N(C)CC45CCC(CNC4)N5C(=O)OC(C)(C)C)C[C@@H]4[C@H](O)CCCCN34)CCO2)c1B(O)O. The van der Waals surface area contributed by atoms with Crippen molar-refractivity contribution in [3.63, 3.8) is 0 Å². The molecule has 4 N–H and O–H groups in total. The number of rotatable bonds is 9. The summed E-state index contributed by atoms with van der Waals surface area (Å²) in [6.45, 7) is 10.3. The van der Waals surface area contributed by atoms with Gasteiger partial charge in [-0.2, -0.15) is 5.10 Å². The Morgan fingerprint density at radius 1 is 1.20 bits per heavy atom. The average molecular weight is 757 g/mol. The Bertz CT molecular complexity index is 1690.